The average molecular weight is 279 g/mol. The van der Waals surface area contributed by atoms with Crippen LogP contribution in [0.3, 0.4) is 0 Å². The highest BCUT2D eigenvalue weighted by molar-refractivity contribution is 5.85. The van der Waals surface area contributed by atoms with Crippen LogP contribution in [-0.2, 0) is 9.53 Å². The zero-order chi connectivity index (χ0) is 13.0. The summed E-state index contributed by atoms with van der Waals surface area (Å²) in [5.74, 6) is 0.869. The second-order valence-corrected chi connectivity index (χ2v) is 5.52. The largest absolute Gasteiger partial charge is 0.378 e. The number of nitrogens with two attached hydrogens (primary N) is 1. The summed E-state index contributed by atoms with van der Waals surface area (Å²) < 4.78 is 5.69. The first-order chi connectivity index (χ1) is 7.93. The average Bonchev–Trinajstić information content (AvgIpc) is 2.72. The van der Waals surface area contributed by atoms with Gasteiger partial charge in [0.1, 0.15) is 0 Å². The Morgan fingerprint density at radius 1 is 1.39 bits per heavy atom. The molecule has 1 fully saturated rings. The van der Waals surface area contributed by atoms with Crippen molar-refractivity contribution in [2.45, 2.75) is 46.3 Å². The van der Waals surface area contributed by atoms with Crippen LogP contribution in [0.2, 0.25) is 0 Å². The quantitative estimate of drug-likeness (QED) is 0.802. The van der Waals surface area contributed by atoms with Gasteiger partial charge in [0.15, 0.2) is 0 Å². The molecule has 4 nitrogen and oxygen atoms in total. The molecule has 4 unspecified atom stereocenters. The maximum absolute atomic E-state index is 11.8. The Morgan fingerprint density at radius 3 is 2.50 bits per heavy atom. The van der Waals surface area contributed by atoms with Gasteiger partial charge in [-0.25, -0.2) is 0 Å². The summed E-state index contributed by atoms with van der Waals surface area (Å²) in [5, 5.41) is 2.99. The van der Waals surface area contributed by atoms with Gasteiger partial charge in [-0.2, -0.15) is 0 Å². The molecule has 0 aromatic carbocycles. The van der Waals surface area contributed by atoms with E-state index in [1.54, 1.807) is 0 Å². The molecule has 1 rings (SSSR count). The van der Waals surface area contributed by atoms with Gasteiger partial charge in [-0.1, -0.05) is 20.8 Å². The van der Waals surface area contributed by atoms with Crippen molar-refractivity contribution >= 4 is 18.3 Å². The molecule has 0 aliphatic carbocycles. The molecule has 1 amide bonds. The Hall–Kier alpha value is -0.320. The number of carbonyl (C=O) groups is 1. The first-order valence-corrected chi connectivity index (χ1v) is 6.58. The summed E-state index contributed by atoms with van der Waals surface area (Å²) in [7, 11) is 0. The van der Waals surface area contributed by atoms with Crippen molar-refractivity contribution in [1.82, 2.24) is 5.32 Å². The molecule has 4 atom stereocenters. The molecule has 0 saturated carbocycles. The van der Waals surface area contributed by atoms with Crippen molar-refractivity contribution in [1.29, 1.82) is 0 Å². The number of carbonyl (C=O) groups excluding carboxylic acids is 1. The van der Waals surface area contributed by atoms with Gasteiger partial charge >= 0.3 is 0 Å². The molecule has 0 aromatic heterocycles. The SMILES string of the molecule is CC(C)C1OCCC1CNC(=O)C(C)C(C)N.Cl. The molecule has 5 heteroatoms. The maximum Gasteiger partial charge on any atom is 0.224 e. The monoisotopic (exact) mass is 278 g/mol. The summed E-state index contributed by atoms with van der Waals surface area (Å²) >= 11 is 0. The predicted molar refractivity (Wildman–Crippen MR) is 75.8 cm³/mol. The molecular weight excluding hydrogens is 252 g/mol. The van der Waals surface area contributed by atoms with Gasteiger partial charge in [0.05, 0.1) is 6.10 Å². The van der Waals surface area contributed by atoms with Crippen molar-refractivity contribution in [2.75, 3.05) is 13.2 Å². The van der Waals surface area contributed by atoms with Crippen LogP contribution in [0.25, 0.3) is 0 Å². The molecule has 108 valence electrons. The van der Waals surface area contributed by atoms with Crippen LogP contribution < -0.4 is 11.1 Å². The van der Waals surface area contributed by atoms with Crippen molar-refractivity contribution in [3.63, 3.8) is 0 Å². The first kappa shape index (κ1) is 17.7. The standard InChI is InChI=1S/C13H26N2O2.ClH/c1-8(2)12-11(5-6-17-12)7-15-13(16)9(3)10(4)14;/h8-12H,5-7,14H2,1-4H3,(H,15,16);1H. The molecule has 0 radical (unpaired) electrons. The van der Waals surface area contributed by atoms with Crippen LogP contribution in [-0.4, -0.2) is 31.2 Å². The van der Waals surface area contributed by atoms with Crippen molar-refractivity contribution in [3.8, 4) is 0 Å². The van der Waals surface area contributed by atoms with Gasteiger partial charge < -0.3 is 15.8 Å². The Kier molecular flexibility index (Phi) is 7.83. The van der Waals surface area contributed by atoms with Crippen LogP contribution in [0.1, 0.15) is 34.1 Å². The lowest BCUT2D eigenvalue weighted by Gasteiger charge is -2.23. The van der Waals surface area contributed by atoms with Crippen molar-refractivity contribution < 1.29 is 9.53 Å². The van der Waals surface area contributed by atoms with E-state index in [1.807, 2.05) is 13.8 Å². The summed E-state index contributed by atoms with van der Waals surface area (Å²) in [6.07, 6.45) is 1.32. The smallest absolute Gasteiger partial charge is 0.224 e. The highest BCUT2D eigenvalue weighted by atomic mass is 35.5. The third-order valence-electron chi connectivity index (χ3n) is 3.66. The minimum atomic E-state index is -0.130. The second kappa shape index (κ2) is 7.97. The Morgan fingerprint density at radius 2 is 2.00 bits per heavy atom. The van der Waals surface area contributed by atoms with Gasteiger partial charge in [0.25, 0.3) is 0 Å². The van der Waals surface area contributed by atoms with E-state index in [1.165, 1.54) is 0 Å². The molecule has 1 aliphatic rings. The van der Waals surface area contributed by atoms with Crippen LogP contribution >= 0.6 is 12.4 Å². The predicted octanol–water partition coefficient (Wildman–Crippen LogP) is 1.57. The lowest BCUT2D eigenvalue weighted by molar-refractivity contribution is -0.125. The molecule has 18 heavy (non-hydrogen) atoms. The fourth-order valence-electron chi connectivity index (χ4n) is 2.24. The number of hydrogen-bond donors (Lipinski definition) is 2. The van der Waals surface area contributed by atoms with Crippen LogP contribution in [0.15, 0.2) is 0 Å². The van der Waals surface area contributed by atoms with Crippen LogP contribution in [0.4, 0.5) is 0 Å². The second-order valence-electron chi connectivity index (χ2n) is 5.52. The third kappa shape index (κ3) is 4.75. The van der Waals surface area contributed by atoms with Gasteiger partial charge in [0, 0.05) is 31.0 Å². The molecule has 0 aromatic rings. The Labute approximate surface area is 116 Å². The minimum absolute atomic E-state index is 0. The minimum Gasteiger partial charge on any atom is -0.378 e. The molecule has 1 saturated heterocycles. The number of ether oxygens (including phenoxy) is 1. The lowest BCUT2D eigenvalue weighted by Crippen LogP contribution is -2.42. The zero-order valence-electron chi connectivity index (χ0n) is 11.8. The van der Waals surface area contributed by atoms with E-state index in [-0.39, 0.29) is 36.4 Å². The maximum atomic E-state index is 11.8. The number of hydrogen-bond acceptors (Lipinski definition) is 3. The topological polar surface area (TPSA) is 64.3 Å². The zero-order valence-corrected chi connectivity index (χ0v) is 12.6. The van der Waals surface area contributed by atoms with E-state index in [0.29, 0.717) is 18.4 Å². The number of rotatable bonds is 5. The molecule has 0 spiro atoms. The highest BCUT2D eigenvalue weighted by Crippen LogP contribution is 2.26. The van der Waals surface area contributed by atoms with Crippen molar-refractivity contribution in [3.05, 3.63) is 0 Å². The molecule has 1 aliphatic heterocycles. The van der Waals surface area contributed by atoms with E-state index < -0.39 is 0 Å². The fourth-order valence-corrected chi connectivity index (χ4v) is 2.24. The first-order valence-electron chi connectivity index (χ1n) is 6.58. The van der Waals surface area contributed by atoms with E-state index in [2.05, 4.69) is 19.2 Å². The van der Waals surface area contributed by atoms with E-state index in [4.69, 9.17) is 10.5 Å². The number of nitrogens with one attached hydrogen (secondary N) is 1. The Balaban J connectivity index is 0.00000289. The van der Waals surface area contributed by atoms with E-state index in [0.717, 1.165) is 13.0 Å². The van der Waals surface area contributed by atoms with Crippen LogP contribution in [0, 0.1) is 17.8 Å². The molecule has 3 N–H and O–H groups in total. The number of halogens is 1. The van der Waals surface area contributed by atoms with Crippen molar-refractivity contribution in [2.24, 2.45) is 23.5 Å². The Bertz CT molecular complexity index is 259. The summed E-state index contributed by atoms with van der Waals surface area (Å²) in [6.45, 7) is 9.57. The van der Waals surface area contributed by atoms with E-state index in [9.17, 15) is 4.79 Å². The molecular formula is C13H27ClN2O2. The van der Waals surface area contributed by atoms with Crippen LogP contribution in [0.5, 0.6) is 0 Å². The van der Waals surface area contributed by atoms with E-state index >= 15 is 0 Å². The third-order valence-corrected chi connectivity index (χ3v) is 3.66. The fraction of sp³-hybridized carbons (Fsp3) is 0.923. The van der Waals surface area contributed by atoms with Gasteiger partial charge in [-0.05, 0) is 19.3 Å². The highest BCUT2D eigenvalue weighted by Gasteiger charge is 2.31. The van der Waals surface area contributed by atoms with Gasteiger partial charge in [0.2, 0.25) is 5.91 Å². The van der Waals surface area contributed by atoms with Gasteiger partial charge in [-0.3, -0.25) is 4.79 Å². The molecule has 1 heterocycles. The summed E-state index contributed by atoms with van der Waals surface area (Å²) in [4.78, 5) is 11.8. The molecule has 0 bridgehead atoms. The number of amides is 1. The summed E-state index contributed by atoms with van der Waals surface area (Å²) in [6, 6.07) is -0.101. The normalized spacial score (nSPS) is 26.6. The lowest BCUT2D eigenvalue weighted by atomic mass is 9.92. The summed E-state index contributed by atoms with van der Waals surface area (Å²) in [5.41, 5.74) is 5.71. The van der Waals surface area contributed by atoms with Gasteiger partial charge in [-0.15, -0.1) is 12.4 Å².